The zero-order valence-electron chi connectivity index (χ0n) is 13.3. The van der Waals surface area contributed by atoms with E-state index in [0.717, 1.165) is 28.2 Å². The molecule has 0 atom stereocenters. The van der Waals surface area contributed by atoms with E-state index in [1.807, 2.05) is 78.9 Å². The maximum Gasteiger partial charge on any atom is 0.160 e. The van der Waals surface area contributed by atoms with Gasteiger partial charge in [-0.05, 0) is 30.3 Å². The third-order valence-corrected chi connectivity index (χ3v) is 4.08. The van der Waals surface area contributed by atoms with E-state index >= 15 is 0 Å². The first kappa shape index (κ1) is 15.5. The lowest BCUT2D eigenvalue weighted by Gasteiger charge is -2.08. The van der Waals surface area contributed by atoms with E-state index in [0.29, 0.717) is 10.8 Å². The smallest absolute Gasteiger partial charge is 0.160 e. The Morgan fingerprint density at radius 1 is 0.600 bits per heavy atom. The Kier molecular flexibility index (Phi) is 4.23. The molecule has 0 fully saturated rings. The molecule has 0 bridgehead atoms. The summed E-state index contributed by atoms with van der Waals surface area (Å²) in [4.78, 5) is 13.9. The summed E-state index contributed by atoms with van der Waals surface area (Å²) in [7, 11) is 0. The summed E-state index contributed by atoms with van der Waals surface area (Å²) in [5.74, 6) is 0.675. The van der Waals surface area contributed by atoms with E-state index in [9.17, 15) is 0 Å². The van der Waals surface area contributed by atoms with E-state index in [-0.39, 0.29) is 0 Å². The van der Waals surface area contributed by atoms with Crippen molar-refractivity contribution in [2.45, 2.75) is 0 Å². The Hall–Kier alpha value is -3.04. The Balaban J connectivity index is 1.90. The van der Waals surface area contributed by atoms with Gasteiger partial charge in [-0.1, -0.05) is 60.1 Å². The van der Waals surface area contributed by atoms with Gasteiger partial charge in [-0.3, -0.25) is 4.98 Å². The van der Waals surface area contributed by atoms with Crippen LogP contribution in [0.4, 0.5) is 0 Å². The molecule has 0 radical (unpaired) electrons. The van der Waals surface area contributed by atoms with Crippen LogP contribution < -0.4 is 0 Å². The van der Waals surface area contributed by atoms with Gasteiger partial charge in [0.1, 0.15) is 0 Å². The lowest BCUT2D eigenvalue weighted by atomic mass is 10.1. The highest BCUT2D eigenvalue weighted by Crippen LogP contribution is 2.27. The van der Waals surface area contributed by atoms with Crippen molar-refractivity contribution in [3.63, 3.8) is 0 Å². The van der Waals surface area contributed by atoms with E-state index in [4.69, 9.17) is 21.6 Å². The minimum absolute atomic E-state index is 0.675. The fourth-order valence-corrected chi connectivity index (χ4v) is 2.70. The summed E-state index contributed by atoms with van der Waals surface area (Å²) >= 11 is 6.01. The van der Waals surface area contributed by atoms with Crippen LogP contribution in [0.1, 0.15) is 0 Å². The fourth-order valence-electron chi connectivity index (χ4n) is 2.58. The average molecular weight is 344 g/mol. The van der Waals surface area contributed by atoms with Crippen molar-refractivity contribution in [1.29, 1.82) is 0 Å². The Bertz CT molecular complexity index is 927. The number of hydrogen-bond donors (Lipinski definition) is 0. The molecule has 2 aromatic heterocycles. The van der Waals surface area contributed by atoms with E-state index in [1.54, 1.807) is 6.20 Å². The second kappa shape index (κ2) is 6.83. The van der Waals surface area contributed by atoms with Gasteiger partial charge < -0.3 is 0 Å². The van der Waals surface area contributed by atoms with Gasteiger partial charge >= 0.3 is 0 Å². The Labute approximate surface area is 151 Å². The van der Waals surface area contributed by atoms with Gasteiger partial charge in [0.15, 0.2) is 5.82 Å². The van der Waals surface area contributed by atoms with Gasteiger partial charge in [-0.2, -0.15) is 0 Å². The molecule has 0 aliphatic heterocycles. The standard InChI is InChI=1S/C21H14ClN3/c22-17-11-9-15(10-12-17)19-14-20(18-8-4-5-13-23-18)25-21(24-19)16-6-2-1-3-7-16/h1-14H. The zero-order chi connectivity index (χ0) is 17.1. The molecule has 4 heteroatoms. The highest BCUT2D eigenvalue weighted by molar-refractivity contribution is 6.30. The quantitative estimate of drug-likeness (QED) is 0.491. The molecule has 0 saturated heterocycles. The van der Waals surface area contributed by atoms with Crippen LogP contribution in [0.15, 0.2) is 85.1 Å². The van der Waals surface area contributed by atoms with Gasteiger partial charge in [0.2, 0.25) is 0 Å². The maximum absolute atomic E-state index is 6.01. The highest BCUT2D eigenvalue weighted by atomic mass is 35.5. The van der Waals surface area contributed by atoms with Crippen molar-refractivity contribution in [2.24, 2.45) is 0 Å². The molecule has 120 valence electrons. The molecular weight excluding hydrogens is 330 g/mol. The van der Waals surface area contributed by atoms with Gasteiger partial charge in [0, 0.05) is 22.3 Å². The van der Waals surface area contributed by atoms with E-state index in [2.05, 4.69) is 4.98 Å². The molecule has 0 amide bonds. The SMILES string of the molecule is Clc1ccc(-c2cc(-c3ccccn3)nc(-c3ccccc3)n2)cc1. The van der Waals surface area contributed by atoms with Crippen molar-refractivity contribution in [3.8, 4) is 34.0 Å². The molecule has 2 heterocycles. The van der Waals surface area contributed by atoms with E-state index in [1.165, 1.54) is 0 Å². The summed E-state index contributed by atoms with van der Waals surface area (Å²) in [6.45, 7) is 0. The maximum atomic E-state index is 6.01. The molecule has 25 heavy (non-hydrogen) atoms. The molecule has 4 rings (SSSR count). The molecule has 0 saturated carbocycles. The third-order valence-electron chi connectivity index (χ3n) is 3.83. The molecule has 0 aliphatic carbocycles. The summed E-state index contributed by atoms with van der Waals surface area (Å²) in [5, 5.41) is 0.700. The summed E-state index contributed by atoms with van der Waals surface area (Å²) in [6, 6.07) is 25.3. The van der Waals surface area contributed by atoms with Crippen molar-refractivity contribution in [1.82, 2.24) is 15.0 Å². The van der Waals surface area contributed by atoms with Crippen molar-refractivity contribution in [3.05, 3.63) is 90.1 Å². The Morgan fingerprint density at radius 3 is 2.04 bits per heavy atom. The highest BCUT2D eigenvalue weighted by Gasteiger charge is 2.10. The fraction of sp³-hybridized carbons (Fsp3) is 0. The summed E-state index contributed by atoms with van der Waals surface area (Å²) in [6.07, 6.45) is 1.77. The van der Waals surface area contributed by atoms with E-state index < -0.39 is 0 Å². The molecule has 0 aliphatic rings. The van der Waals surface area contributed by atoms with Crippen LogP contribution in [0.3, 0.4) is 0 Å². The zero-order valence-corrected chi connectivity index (χ0v) is 14.1. The van der Waals surface area contributed by atoms with Crippen molar-refractivity contribution >= 4 is 11.6 Å². The first-order chi connectivity index (χ1) is 12.3. The number of benzene rings is 2. The molecule has 2 aromatic carbocycles. The second-order valence-corrected chi connectivity index (χ2v) is 5.99. The number of rotatable bonds is 3. The Morgan fingerprint density at radius 2 is 1.32 bits per heavy atom. The first-order valence-corrected chi connectivity index (χ1v) is 8.29. The lowest BCUT2D eigenvalue weighted by Crippen LogP contribution is -1.96. The number of nitrogens with zero attached hydrogens (tertiary/aromatic N) is 3. The van der Waals surface area contributed by atoms with Crippen LogP contribution in [0.2, 0.25) is 5.02 Å². The van der Waals surface area contributed by atoms with Crippen molar-refractivity contribution < 1.29 is 0 Å². The molecular formula is C21H14ClN3. The minimum Gasteiger partial charge on any atom is -0.255 e. The molecule has 4 aromatic rings. The topological polar surface area (TPSA) is 38.7 Å². The van der Waals surface area contributed by atoms with Gasteiger partial charge in [0.25, 0.3) is 0 Å². The monoisotopic (exact) mass is 343 g/mol. The van der Waals surface area contributed by atoms with Crippen LogP contribution in [0.25, 0.3) is 34.0 Å². The normalized spacial score (nSPS) is 10.6. The minimum atomic E-state index is 0.675. The number of hydrogen-bond acceptors (Lipinski definition) is 3. The van der Waals surface area contributed by atoms with Crippen LogP contribution in [0.5, 0.6) is 0 Å². The first-order valence-electron chi connectivity index (χ1n) is 7.91. The molecule has 0 unspecified atom stereocenters. The largest absolute Gasteiger partial charge is 0.255 e. The van der Waals surface area contributed by atoms with Crippen LogP contribution in [-0.4, -0.2) is 15.0 Å². The van der Waals surface area contributed by atoms with Gasteiger partial charge in [-0.15, -0.1) is 0 Å². The predicted octanol–water partition coefficient (Wildman–Crippen LogP) is 5.53. The third kappa shape index (κ3) is 3.42. The number of halogens is 1. The van der Waals surface area contributed by atoms with Gasteiger partial charge in [-0.25, -0.2) is 9.97 Å². The van der Waals surface area contributed by atoms with Crippen molar-refractivity contribution in [2.75, 3.05) is 0 Å². The molecule has 0 spiro atoms. The van der Waals surface area contributed by atoms with Crippen LogP contribution in [-0.2, 0) is 0 Å². The second-order valence-electron chi connectivity index (χ2n) is 5.55. The number of pyridine rings is 1. The summed E-state index contributed by atoms with van der Waals surface area (Å²) < 4.78 is 0. The lowest BCUT2D eigenvalue weighted by molar-refractivity contribution is 1.16. The van der Waals surface area contributed by atoms with Crippen LogP contribution in [0, 0.1) is 0 Å². The number of aromatic nitrogens is 3. The average Bonchev–Trinajstić information content (AvgIpc) is 2.69. The van der Waals surface area contributed by atoms with Gasteiger partial charge in [0.05, 0.1) is 17.1 Å². The van der Waals surface area contributed by atoms with Crippen LogP contribution >= 0.6 is 11.6 Å². The molecule has 3 nitrogen and oxygen atoms in total. The summed E-state index contributed by atoms with van der Waals surface area (Å²) in [5.41, 5.74) is 4.40. The molecule has 0 N–H and O–H groups in total. The predicted molar refractivity (Wildman–Crippen MR) is 101 cm³/mol.